The Morgan fingerprint density at radius 3 is 3.15 bits per heavy atom. The van der Waals surface area contributed by atoms with E-state index in [0.717, 1.165) is 37.2 Å². The molecule has 1 aromatic rings. The summed E-state index contributed by atoms with van der Waals surface area (Å²) < 4.78 is 0. The van der Waals surface area contributed by atoms with E-state index >= 15 is 0 Å². The van der Waals surface area contributed by atoms with Crippen LogP contribution in [0.3, 0.4) is 0 Å². The van der Waals surface area contributed by atoms with Gasteiger partial charge in [-0.2, -0.15) is 5.26 Å². The number of hydrogen-bond acceptors (Lipinski definition) is 4. The summed E-state index contributed by atoms with van der Waals surface area (Å²) in [6, 6.07) is 6.93. The number of pyridine rings is 1. The number of nitrogens with zero attached hydrogens (tertiary/aromatic N) is 4. The molecular formula is C16H22N4. The van der Waals surface area contributed by atoms with Crippen LogP contribution in [0.25, 0.3) is 0 Å². The molecule has 1 aromatic heterocycles. The molecule has 2 saturated heterocycles. The van der Waals surface area contributed by atoms with Gasteiger partial charge in [0, 0.05) is 30.9 Å². The van der Waals surface area contributed by atoms with E-state index in [1.807, 2.05) is 12.1 Å². The number of piperidine rings is 2. The predicted molar refractivity (Wildman–Crippen MR) is 78.0 cm³/mol. The Morgan fingerprint density at radius 1 is 1.40 bits per heavy atom. The highest BCUT2D eigenvalue weighted by atomic mass is 15.2. The van der Waals surface area contributed by atoms with Gasteiger partial charge in [0.05, 0.1) is 0 Å². The van der Waals surface area contributed by atoms with E-state index in [4.69, 9.17) is 5.26 Å². The summed E-state index contributed by atoms with van der Waals surface area (Å²) in [5.41, 5.74) is 1.65. The van der Waals surface area contributed by atoms with Crippen LogP contribution in [0.5, 0.6) is 0 Å². The van der Waals surface area contributed by atoms with Gasteiger partial charge in [0.2, 0.25) is 0 Å². The Morgan fingerprint density at radius 2 is 2.30 bits per heavy atom. The average Bonchev–Trinajstić information content (AvgIpc) is 2.48. The van der Waals surface area contributed by atoms with Crippen LogP contribution in [-0.4, -0.2) is 47.5 Å². The van der Waals surface area contributed by atoms with Crippen molar-refractivity contribution in [2.45, 2.75) is 31.8 Å². The maximum absolute atomic E-state index is 9.13. The van der Waals surface area contributed by atoms with Crippen molar-refractivity contribution in [2.24, 2.45) is 5.92 Å². The predicted octanol–water partition coefficient (Wildman–Crippen LogP) is 1.87. The van der Waals surface area contributed by atoms with Crippen molar-refractivity contribution in [1.29, 1.82) is 5.26 Å². The molecule has 2 fully saturated rings. The second kappa shape index (κ2) is 5.90. The molecule has 2 atom stereocenters. The highest BCUT2D eigenvalue weighted by Crippen LogP contribution is 2.30. The maximum Gasteiger partial charge on any atom is 0.144 e. The monoisotopic (exact) mass is 270 g/mol. The molecule has 0 saturated carbocycles. The van der Waals surface area contributed by atoms with Crippen molar-refractivity contribution >= 4 is 0 Å². The van der Waals surface area contributed by atoms with Crippen LogP contribution in [0, 0.1) is 17.2 Å². The van der Waals surface area contributed by atoms with Crippen molar-refractivity contribution < 1.29 is 0 Å². The lowest BCUT2D eigenvalue weighted by atomic mass is 9.84. The summed E-state index contributed by atoms with van der Waals surface area (Å²) in [6.07, 6.45) is 5.62. The number of fused-ring (bicyclic) bond motifs is 1. The number of aromatic nitrogens is 1. The van der Waals surface area contributed by atoms with E-state index in [9.17, 15) is 0 Å². The first-order valence-electron chi connectivity index (χ1n) is 7.54. The Balaban J connectivity index is 1.67. The van der Waals surface area contributed by atoms with Gasteiger partial charge >= 0.3 is 0 Å². The van der Waals surface area contributed by atoms with Gasteiger partial charge in [-0.05, 0) is 51.4 Å². The average molecular weight is 270 g/mol. The van der Waals surface area contributed by atoms with Gasteiger partial charge in [0.15, 0.2) is 0 Å². The maximum atomic E-state index is 9.13. The second-order valence-electron chi connectivity index (χ2n) is 6.10. The highest BCUT2D eigenvalue weighted by molar-refractivity contribution is 5.30. The topological polar surface area (TPSA) is 43.2 Å². The Labute approximate surface area is 121 Å². The van der Waals surface area contributed by atoms with Crippen LogP contribution < -0.4 is 0 Å². The van der Waals surface area contributed by atoms with E-state index < -0.39 is 0 Å². The normalized spacial score (nSPS) is 27.8. The molecule has 4 nitrogen and oxygen atoms in total. The number of rotatable bonds is 2. The van der Waals surface area contributed by atoms with Crippen molar-refractivity contribution in [1.82, 2.24) is 14.8 Å². The molecule has 0 amide bonds. The summed E-state index contributed by atoms with van der Waals surface area (Å²) in [5, 5.41) is 9.13. The molecule has 2 unspecified atom stereocenters. The minimum Gasteiger partial charge on any atom is -0.303 e. The molecule has 0 radical (unpaired) electrons. The first-order valence-corrected chi connectivity index (χ1v) is 7.54. The summed E-state index contributed by atoms with van der Waals surface area (Å²) in [6.45, 7) is 4.41. The van der Waals surface area contributed by atoms with Crippen LogP contribution in [-0.2, 0) is 6.54 Å². The fraction of sp³-hybridized carbons (Fsp3) is 0.625. The molecule has 4 heteroatoms. The molecule has 2 aliphatic heterocycles. The fourth-order valence-corrected chi connectivity index (χ4v) is 3.78. The van der Waals surface area contributed by atoms with Crippen LogP contribution in [0.1, 0.15) is 30.5 Å². The van der Waals surface area contributed by atoms with Gasteiger partial charge in [0.1, 0.15) is 11.8 Å². The zero-order chi connectivity index (χ0) is 13.9. The van der Waals surface area contributed by atoms with Gasteiger partial charge in [-0.25, -0.2) is 4.98 Å². The summed E-state index contributed by atoms with van der Waals surface area (Å²) in [5.74, 6) is 0.796. The number of nitriles is 1. The van der Waals surface area contributed by atoms with Gasteiger partial charge in [0.25, 0.3) is 0 Å². The lowest BCUT2D eigenvalue weighted by Gasteiger charge is -2.46. The van der Waals surface area contributed by atoms with Gasteiger partial charge in [-0.1, -0.05) is 6.07 Å². The Bertz CT molecular complexity index is 507. The molecule has 0 bridgehead atoms. The third-order valence-electron chi connectivity index (χ3n) is 4.82. The smallest absolute Gasteiger partial charge is 0.144 e. The van der Waals surface area contributed by atoms with Crippen molar-refractivity contribution in [3.8, 4) is 6.07 Å². The molecule has 2 aliphatic rings. The molecule has 106 valence electrons. The number of likely N-dealkylation sites (tertiary alicyclic amines) is 2. The molecule has 3 rings (SSSR count). The van der Waals surface area contributed by atoms with Gasteiger partial charge in [-0.3, -0.25) is 4.90 Å². The molecule has 20 heavy (non-hydrogen) atoms. The van der Waals surface area contributed by atoms with Gasteiger partial charge < -0.3 is 4.90 Å². The first-order chi connectivity index (χ1) is 9.78. The molecule has 0 N–H and O–H groups in total. The Kier molecular flexibility index (Phi) is 4.00. The van der Waals surface area contributed by atoms with Crippen LogP contribution >= 0.6 is 0 Å². The van der Waals surface area contributed by atoms with E-state index in [0.29, 0.717) is 5.69 Å². The second-order valence-corrected chi connectivity index (χ2v) is 6.10. The van der Waals surface area contributed by atoms with E-state index in [1.54, 1.807) is 6.20 Å². The Hall–Kier alpha value is -1.44. The molecule has 0 aromatic carbocycles. The first kappa shape index (κ1) is 13.5. The zero-order valence-electron chi connectivity index (χ0n) is 12.1. The SMILES string of the molecule is CN1CCCC2CN(Cc3cccnc3C#N)CCC21. The van der Waals surface area contributed by atoms with Crippen LogP contribution in [0.2, 0.25) is 0 Å². The third-order valence-corrected chi connectivity index (χ3v) is 4.82. The van der Waals surface area contributed by atoms with E-state index in [-0.39, 0.29) is 0 Å². The quantitative estimate of drug-likeness (QED) is 0.823. The van der Waals surface area contributed by atoms with Crippen LogP contribution in [0.4, 0.5) is 0 Å². The third kappa shape index (κ3) is 2.70. The van der Waals surface area contributed by atoms with Crippen molar-refractivity contribution in [2.75, 3.05) is 26.7 Å². The van der Waals surface area contributed by atoms with Gasteiger partial charge in [-0.15, -0.1) is 0 Å². The van der Waals surface area contributed by atoms with Crippen molar-refractivity contribution in [3.63, 3.8) is 0 Å². The molecule has 3 heterocycles. The molecule has 0 spiro atoms. The lowest BCUT2D eigenvalue weighted by molar-refractivity contribution is 0.0354. The summed E-state index contributed by atoms with van der Waals surface area (Å²) >= 11 is 0. The minimum absolute atomic E-state index is 0.579. The molecular weight excluding hydrogens is 248 g/mol. The van der Waals surface area contributed by atoms with Crippen LogP contribution in [0.15, 0.2) is 18.3 Å². The lowest BCUT2D eigenvalue weighted by Crippen LogP contribution is -2.52. The summed E-state index contributed by atoms with van der Waals surface area (Å²) in [4.78, 5) is 9.20. The standard InChI is InChI=1S/C16H22N4/c1-19-8-3-5-14-12-20(9-6-16(14)19)11-13-4-2-7-18-15(13)10-17/h2,4,7,14,16H,3,5-6,8-9,11-12H2,1H3. The highest BCUT2D eigenvalue weighted by Gasteiger charge is 2.34. The largest absolute Gasteiger partial charge is 0.303 e. The van der Waals surface area contributed by atoms with Crippen molar-refractivity contribution in [3.05, 3.63) is 29.6 Å². The van der Waals surface area contributed by atoms with E-state index in [2.05, 4.69) is 27.9 Å². The van der Waals surface area contributed by atoms with E-state index in [1.165, 1.54) is 25.8 Å². The molecule has 0 aliphatic carbocycles. The fourth-order valence-electron chi connectivity index (χ4n) is 3.78. The zero-order valence-corrected chi connectivity index (χ0v) is 12.1. The number of hydrogen-bond donors (Lipinski definition) is 0. The summed E-state index contributed by atoms with van der Waals surface area (Å²) in [7, 11) is 2.27. The minimum atomic E-state index is 0.579.